The van der Waals surface area contributed by atoms with E-state index in [1.165, 1.54) is 6.42 Å². The van der Waals surface area contributed by atoms with E-state index in [1.54, 1.807) is 6.20 Å². The molecule has 1 fully saturated rings. The number of nitrogens with zero attached hydrogens (tertiary/aromatic N) is 3. The molecule has 0 saturated heterocycles. The molecule has 0 radical (unpaired) electrons. The lowest BCUT2D eigenvalue weighted by molar-refractivity contribution is -0.0925. The van der Waals surface area contributed by atoms with Crippen molar-refractivity contribution in [3.63, 3.8) is 0 Å². The standard InChI is InChI=1S/C14H25N3O/c1-5-17-13(9-15-16-17)14(18)8-11(4)6-7-12(14)10(2)3/h9-12,18H,5-8H2,1-4H3. The molecular weight excluding hydrogens is 226 g/mol. The third kappa shape index (κ3) is 2.18. The van der Waals surface area contributed by atoms with Crippen molar-refractivity contribution in [1.29, 1.82) is 0 Å². The van der Waals surface area contributed by atoms with E-state index in [-0.39, 0.29) is 0 Å². The van der Waals surface area contributed by atoms with Crippen molar-refractivity contribution in [2.75, 3.05) is 0 Å². The normalized spacial score (nSPS) is 33.0. The number of aliphatic hydroxyl groups is 1. The van der Waals surface area contributed by atoms with E-state index in [4.69, 9.17) is 0 Å². The minimum absolute atomic E-state index is 0.303. The second-order valence-corrected chi connectivity index (χ2v) is 6.10. The lowest BCUT2D eigenvalue weighted by atomic mass is 9.66. The van der Waals surface area contributed by atoms with E-state index in [0.29, 0.717) is 17.8 Å². The van der Waals surface area contributed by atoms with Crippen LogP contribution in [0.2, 0.25) is 0 Å². The third-order valence-electron chi connectivity index (χ3n) is 4.41. The molecule has 0 aliphatic heterocycles. The molecule has 1 saturated carbocycles. The maximum atomic E-state index is 11.2. The second-order valence-electron chi connectivity index (χ2n) is 6.10. The zero-order valence-electron chi connectivity index (χ0n) is 11.9. The lowest BCUT2D eigenvalue weighted by Gasteiger charge is -2.44. The smallest absolute Gasteiger partial charge is 0.111 e. The molecule has 1 N–H and O–H groups in total. The van der Waals surface area contributed by atoms with E-state index in [0.717, 1.165) is 25.1 Å². The lowest BCUT2D eigenvalue weighted by Crippen LogP contribution is -2.44. The molecule has 2 rings (SSSR count). The zero-order chi connectivity index (χ0) is 13.3. The van der Waals surface area contributed by atoms with Crippen LogP contribution in [0.4, 0.5) is 0 Å². The summed E-state index contributed by atoms with van der Waals surface area (Å²) in [4.78, 5) is 0. The van der Waals surface area contributed by atoms with Crippen LogP contribution in [-0.2, 0) is 12.1 Å². The molecule has 0 bridgehead atoms. The Kier molecular flexibility index (Phi) is 3.76. The van der Waals surface area contributed by atoms with Crippen LogP contribution in [0.25, 0.3) is 0 Å². The monoisotopic (exact) mass is 251 g/mol. The van der Waals surface area contributed by atoms with Crippen molar-refractivity contribution in [3.8, 4) is 0 Å². The molecule has 4 nitrogen and oxygen atoms in total. The first-order valence-corrected chi connectivity index (χ1v) is 7.10. The maximum absolute atomic E-state index is 11.2. The average molecular weight is 251 g/mol. The van der Waals surface area contributed by atoms with Gasteiger partial charge in [-0.15, -0.1) is 5.10 Å². The molecule has 4 heteroatoms. The molecule has 0 spiro atoms. The van der Waals surface area contributed by atoms with E-state index in [1.807, 2.05) is 11.6 Å². The summed E-state index contributed by atoms with van der Waals surface area (Å²) in [5.41, 5.74) is 0.140. The van der Waals surface area contributed by atoms with Crippen LogP contribution in [0.1, 0.15) is 52.7 Å². The second kappa shape index (κ2) is 5.00. The van der Waals surface area contributed by atoms with E-state index in [2.05, 4.69) is 31.1 Å². The van der Waals surface area contributed by atoms with Gasteiger partial charge in [-0.3, -0.25) is 0 Å². The van der Waals surface area contributed by atoms with Crippen molar-refractivity contribution in [2.24, 2.45) is 17.8 Å². The van der Waals surface area contributed by atoms with Gasteiger partial charge in [0, 0.05) is 6.54 Å². The molecule has 102 valence electrons. The first-order chi connectivity index (χ1) is 8.49. The van der Waals surface area contributed by atoms with Gasteiger partial charge < -0.3 is 5.11 Å². The summed E-state index contributed by atoms with van der Waals surface area (Å²) < 4.78 is 1.84. The number of rotatable bonds is 3. The summed E-state index contributed by atoms with van der Waals surface area (Å²) in [7, 11) is 0. The molecule has 1 aliphatic rings. The van der Waals surface area contributed by atoms with Gasteiger partial charge in [-0.05, 0) is 37.5 Å². The summed E-state index contributed by atoms with van der Waals surface area (Å²) in [5.74, 6) is 1.34. The van der Waals surface area contributed by atoms with Gasteiger partial charge >= 0.3 is 0 Å². The summed E-state index contributed by atoms with van der Waals surface area (Å²) in [6.07, 6.45) is 4.86. The zero-order valence-corrected chi connectivity index (χ0v) is 11.9. The molecule has 1 aromatic heterocycles. The van der Waals surface area contributed by atoms with Gasteiger partial charge in [0.1, 0.15) is 5.60 Å². The molecule has 0 amide bonds. The Balaban J connectivity index is 2.40. The Labute approximate surface area is 109 Å². The minimum atomic E-state index is -0.759. The highest BCUT2D eigenvalue weighted by Gasteiger charge is 2.46. The maximum Gasteiger partial charge on any atom is 0.111 e. The Hall–Kier alpha value is -0.900. The largest absolute Gasteiger partial charge is 0.383 e. The van der Waals surface area contributed by atoms with Gasteiger partial charge in [0.05, 0.1) is 11.9 Å². The molecule has 3 atom stereocenters. The van der Waals surface area contributed by atoms with Crippen molar-refractivity contribution < 1.29 is 5.11 Å². The van der Waals surface area contributed by atoms with Crippen LogP contribution in [0.3, 0.4) is 0 Å². The van der Waals surface area contributed by atoms with Gasteiger partial charge in [0.2, 0.25) is 0 Å². The SMILES string of the molecule is CCn1nncc1C1(O)CC(C)CCC1C(C)C. The summed E-state index contributed by atoms with van der Waals surface area (Å²) in [6, 6.07) is 0. The Morgan fingerprint density at radius 2 is 2.22 bits per heavy atom. The summed E-state index contributed by atoms with van der Waals surface area (Å²) >= 11 is 0. The van der Waals surface area contributed by atoms with Gasteiger partial charge in [-0.25, -0.2) is 4.68 Å². The molecule has 18 heavy (non-hydrogen) atoms. The first-order valence-electron chi connectivity index (χ1n) is 7.10. The van der Waals surface area contributed by atoms with Gasteiger partial charge in [0.15, 0.2) is 0 Å². The van der Waals surface area contributed by atoms with E-state index >= 15 is 0 Å². The van der Waals surface area contributed by atoms with Crippen molar-refractivity contribution in [3.05, 3.63) is 11.9 Å². The predicted molar refractivity (Wildman–Crippen MR) is 70.9 cm³/mol. The fourth-order valence-electron chi connectivity index (χ4n) is 3.49. The van der Waals surface area contributed by atoms with Gasteiger partial charge in [-0.2, -0.15) is 0 Å². The Morgan fingerprint density at radius 3 is 2.83 bits per heavy atom. The van der Waals surface area contributed by atoms with Crippen molar-refractivity contribution in [1.82, 2.24) is 15.0 Å². The first kappa shape index (κ1) is 13.5. The predicted octanol–water partition coefficient (Wildman–Crippen LogP) is 2.58. The topological polar surface area (TPSA) is 50.9 Å². The number of aromatic nitrogens is 3. The Bertz CT molecular complexity index is 401. The molecule has 1 aliphatic carbocycles. The van der Waals surface area contributed by atoms with Gasteiger partial charge in [0.25, 0.3) is 0 Å². The molecule has 0 aromatic carbocycles. The highest BCUT2D eigenvalue weighted by molar-refractivity contribution is 5.13. The van der Waals surface area contributed by atoms with Crippen molar-refractivity contribution in [2.45, 2.75) is 59.1 Å². The molecule has 3 unspecified atom stereocenters. The quantitative estimate of drug-likeness (QED) is 0.898. The van der Waals surface area contributed by atoms with Gasteiger partial charge in [-0.1, -0.05) is 32.4 Å². The van der Waals surface area contributed by atoms with Crippen LogP contribution in [0.5, 0.6) is 0 Å². The van der Waals surface area contributed by atoms with Crippen LogP contribution in [-0.4, -0.2) is 20.1 Å². The summed E-state index contributed by atoms with van der Waals surface area (Å²) in [5, 5.41) is 19.3. The third-order valence-corrected chi connectivity index (χ3v) is 4.41. The Morgan fingerprint density at radius 1 is 1.50 bits per heavy atom. The number of hydrogen-bond acceptors (Lipinski definition) is 3. The highest BCUT2D eigenvalue weighted by atomic mass is 16.3. The summed E-state index contributed by atoms with van der Waals surface area (Å²) in [6.45, 7) is 9.42. The van der Waals surface area contributed by atoms with E-state index < -0.39 is 5.60 Å². The van der Waals surface area contributed by atoms with Crippen LogP contribution < -0.4 is 0 Å². The molecule has 1 heterocycles. The number of hydrogen-bond donors (Lipinski definition) is 1. The number of aryl methyl sites for hydroxylation is 1. The van der Waals surface area contributed by atoms with Crippen molar-refractivity contribution >= 4 is 0 Å². The fraction of sp³-hybridized carbons (Fsp3) is 0.857. The van der Waals surface area contributed by atoms with Crippen LogP contribution >= 0.6 is 0 Å². The van der Waals surface area contributed by atoms with Crippen LogP contribution in [0, 0.1) is 17.8 Å². The molecule has 1 aromatic rings. The highest BCUT2D eigenvalue weighted by Crippen LogP contribution is 2.46. The van der Waals surface area contributed by atoms with E-state index in [9.17, 15) is 5.11 Å². The fourth-order valence-corrected chi connectivity index (χ4v) is 3.49. The minimum Gasteiger partial charge on any atom is -0.383 e. The average Bonchev–Trinajstić information content (AvgIpc) is 2.76. The molecular formula is C14H25N3O. The van der Waals surface area contributed by atoms with Crippen LogP contribution in [0.15, 0.2) is 6.20 Å².